The monoisotopic (exact) mass is 397 g/mol. The fourth-order valence-corrected chi connectivity index (χ4v) is 2.85. The first-order valence-corrected chi connectivity index (χ1v) is 8.63. The van der Waals surface area contributed by atoms with E-state index in [4.69, 9.17) is 11.6 Å². The molecular formula is C19H13ClFN5O2. The number of fused-ring (bicyclic) bond motifs is 1. The van der Waals surface area contributed by atoms with E-state index in [1.807, 2.05) is 0 Å². The van der Waals surface area contributed by atoms with Crippen LogP contribution in [-0.4, -0.2) is 25.2 Å². The lowest BCUT2D eigenvalue weighted by Gasteiger charge is -2.08. The molecule has 2 aromatic carbocycles. The zero-order valence-corrected chi connectivity index (χ0v) is 15.1. The standard InChI is InChI=1S/C19H13ClFN5O2/c20-12-1-7-15(8-2-12)26-18-16(9-23-26)19(28)25(11-22-18)10-17(27)24-14-5-3-13(21)4-6-14/h1-9,11H,10H2,(H,24,27). The Morgan fingerprint density at radius 3 is 2.54 bits per heavy atom. The van der Waals surface area contributed by atoms with Crippen molar-refractivity contribution in [1.82, 2.24) is 19.3 Å². The van der Waals surface area contributed by atoms with E-state index < -0.39 is 11.7 Å². The molecule has 0 aliphatic heterocycles. The molecule has 0 fully saturated rings. The lowest BCUT2D eigenvalue weighted by molar-refractivity contribution is -0.116. The van der Waals surface area contributed by atoms with Gasteiger partial charge in [0.15, 0.2) is 5.65 Å². The molecule has 1 amide bonds. The summed E-state index contributed by atoms with van der Waals surface area (Å²) in [5, 5.41) is 7.69. The molecule has 140 valence electrons. The Labute approximate surface area is 163 Å². The number of amides is 1. The van der Waals surface area contributed by atoms with Gasteiger partial charge in [0, 0.05) is 10.7 Å². The smallest absolute Gasteiger partial charge is 0.264 e. The van der Waals surface area contributed by atoms with Crippen molar-refractivity contribution in [1.29, 1.82) is 0 Å². The number of nitrogens with one attached hydrogen (secondary N) is 1. The van der Waals surface area contributed by atoms with Gasteiger partial charge in [-0.25, -0.2) is 14.1 Å². The first kappa shape index (κ1) is 17.9. The number of hydrogen-bond acceptors (Lipinski definition) is 4. The van der Waals surface area contributed by atoms with Gasteiger partial charge in [0.2, 0.25) is 5.91 Å². The molecule has 2 aromatic heterocycles. The number of carbonyl (C=O) groups excluding carboxylic acids is 1. The van der Waals surface area contributed by atoms with Crippen molar-refractivity contribution in [2.45, 2.75) is 6.54 Å². The molecular weight excluding hydrogens is 385 g/mol. The SMILES string of the molecule is O=C(Cn1cnc2c(cnn2-c2ccc(Cl)cc2)c1=O)Nc1ccc(F)cc1. The summed E-state index contributed by atoms with van der Waals surface area (Å²) in [7, 11) is 0. The minimum absolute atomic E-state index is 0.231. The highest BCUT2D eigenvalue weighted by Gasteiger charge is 2.13. The number of rotatable bonds is 4. The molecule has 0 bridgehead atoms. The number of hydrogen-bond donors (Lipinski definition) is 1. The van der Waals surface area contributed by atoms with Crippen molar-refractivity contribution < 1.29 is 9.18 Å². The second-order valence-electron chi connectivity index (χ2n) is 6.00. The summed E-state index contributed by atoms with van der Waals surface area (Å²) in [6.07, 6.45) is 2.71. The molecule has 0 radical (unpaired) electrons. The second-order valence-corrected chi connectivity index (χ2v) is 6.44. The Bertz CT molecular complexity index is 1220. The van der Waals surface area contributed by atoms with Crippen LogP contribution < -0.4 is 10.9 Å². The van der Waals surface area contributed by atoms with Crippen molar-refractivity contribution in [2.75, 3.05) is 5.32 Å². The van der Waals surface area contributed by atoms with Crippen LogP contribution in [0.3, 0.4) is 0 Å². The molecule has 1 N–H and O–H groups in total. The molecule has 0 spiro atoms. The minimum atomic E-state index is -0.431. The highest BCUT2D eigenvalue weighted by atomic mass is 35.5. The fraction of sp³-hybridized carbons (Fsp3) is 0.0526. The van der Waals surface area contributed by atoms with E-state index in [2.05, 4.69) is 15.4 Å². The Morgan fingerprint density at radius 1 is 1.11 bits per heavy atom. The first-order valence-electron chi connectivity index (χ1n) is 8.26. The molecule has 0 saturated heterocycles. The van der Waals surface area contributed by atoms with Crippen LogP contribution in [0.1, 0.15) is 0 Å². The van der Waals surface area contributed by atoms with Crippen molar-refractivity contribution in [3.63, 3.8) is 0 Å². The quantitative estimate of drug-likeness (QED) is 0.574. The zero-order chi connectivity index (χ0) is 19.7. The molecule has 4 rings (SSSR count). The number of carbonyl (C=O) groups is 1. The van der Waals surface area contributed by atoms with Gasteiger partial charge in [-0.15, -0.1) is 0 Å². The molecule has 2 heterocycles. The molecule has 9 heteroatoms. The first-order chi connectivity index (χ1) is 13.5. The maximum atomic E-state index is 12.9. The van der Waals surface area contributed by atoms with Gasteiger partial charge in [-0.2, -0.15) is 5.10 Å². The molecule has 4 aromatic rings. The van der Waals surface area contributed by atoms with Gasteiger partial charge in [0.25, 0.3) is 5.56 Å². The molecule has 0 saturated carbocycles. The van der Waals surface area contributed by atoms with Crippen LogP contribution in [0.4, 0.5) is 10.1 Å². The number of benzene rings is 2. The third kappa shape index (κ3) is 3.49. The number of anilines is 1. The predicted octanol–water partition coefficient (Wildman–Crippen LogP) is 3.01. The van der Waals surface area contributed by atoms with E-state index in [0.29, 0.717) is 22.0 Å². The average molecular weight is 398 g/mol. The van der Waals surface area contributed by atoms with Crippen molar-refractivity contribution in [3.8, 4) is 5.69 Å². The van der Waals surface area contributed by atoms with E-state index in [1.54, 1.807) is 24.3 Å². The van der Waals surface area contributed by atoms with Gasteiger partial charge < -0.3 is 5.32 Å². The van der Waals surface area contributed by atoms with Crippen LogP contribution in [0.2, 0.25) is 5.02 Å². The lowest BCUT2D eigenvalue weighted by atomic mass is 10.3. The summed E-state index contributed by atoms with van der Waals surface area (Å²) in [6, 6.07) is 12.3. The maximum Gasteiger partial charge on any atom is 0.264 e. The molecule has 0 aliphatic rings. The van der Waals surface area contributed by atoms with Crippen molar-refractivity contribution in [3.05, 3.63) is 82.2 Å². The molecule has 7 nitrogen and oxygen atoms in total. The average Bonchev–Trinajstić information content (AvgIpc) is 3.11. The van der Waals surface area contributed by atoms with Crippen molar-refractivity contribution in [2.24, 2.45) is 0 Å². The zero-order valence-electron chi connectivity index (χ0n) is 14.3. The van der Waals surface area contributed by atoms with Crippen LogP contribution in [0.5, 0.6) is 0 Å². The normalized spacial score (nSPS) is 10.9. The van der Waals surface area contributed by atoms with Crippen LogP contribution in [0, 0.1) is 5.82 Å². The van der Waals surface area contributed by atoms with Crippen LogP contribution in [0.15, 0.2) is 65.8 Å². The largest absolute Gasteiger partial charge is 0.325 e. The second kappa shape index (κ2) is 7.24. The van der Waals surface area contributed by atoms with Gasteiger partial charge in [-0.05, 0) is 48.5 Å². The summed E-state index contributed by atoms with van der Waals surface area (Å²) in [4.78, 5) is 29.1. The summed E-state index contributed by atoms with van der Waals surface area (Å²) in [6.45, 7) is -0.231. The van der Waals surface area contributed by atoms with Crippen LogP contribution in [0.25, 0.3) is 16.7 Å². The summed E-state index contributed by atoms with van der Waals surface area (Å²) in [5.41, 5.74) is 1.13. The van der Waals surface area contributed by atoms with Gasteiger partial charge in [0.1, 0.15) is 24.1 Å². The van der Waals surface area contributed by atoms with E-state index in [1.165, 1.54) is 46.0 Å². The number of halogens is 2. The highest BCUT2D eigenvalue weighted by molar-refractivity contribution is 6.30. The lowest BCUT2D eigenvalue weighted by Crippen LogP contribution is -2.27. The Balaban J connectivity index is 1.60. The van der Waals surface area contributed by atoms with Crippen LogP contribution in [-0.2, 0) is 11.3 Å². The van der Waals surface area contributed by atoms with Gasteiger partial charge in [0.05, 0.1) is 11.9 Å². The highest BCUT2D eigenvalue weighted by Crippen LogP contribution is 2.16. The van der Waals surface area contributed by atoms with E-state index in [9.17, 15) is 14.0 Å². The predicted molar refractivity (Wildman–Crippen MR) is 103 cm³/mol. The number of aromatic nitrogens is 4. The fourth-order valence-electron chi connectivity index (χ4n) is 2.72. The Hall–Kier alpha value is -3.52. The van der Waals surface area contributed by atoms with Crippen molar-refractivity contribution >= 4 is 34.2 Å². The van der Waals surface area contributed by atoms with Gasteiger partial charge in [-0.1, -0.05) is 11.6 Å². The Kier molecular flexibility index (Phi) is 4.62. The van der Waals surface area contributed by atoms with E-state index in [-0.39, 0.29) is 17.5 Å². The van der Waals surface area contributed by atoms with Crippen LogP contribution >= 0.6 is 11.6 Å². The maximum absolute atomic E-state index is 12.9. The third-order valence-electron chi connectivity index (χ3n) is 4.07. The summed E-state index contributed by atoms with van der Waals surface area (Å²) < 4.78 is 15.6. The molecule has 0 aliphatic carbocycles. The summed E-state index contributed by atoms with van der Waals surface area (Å²) in [5.74, 6) is -0.832. The van der Waals surface area contributed by atoms with Gasteiger partial charge in [-0.3, -0.25) is 14.2 Å². The third-order valence-corrected chi connectivity index (χ3v) is 4.32. The topological polar surface area (TPSA) is 81.8 Å². The molecule has 28 heavy (non-hydrogen) atoms. The molecule has 0 unspecified atom stereocenters. The number of nitrogens with zero attached hydrogens (tertiary/aromatic N) is 4. The molecule has 0 atom stereocenters. The minimum Gasteiger partial charge on any atom is -0.325 e. The van der Waals surface area contributed by atoms with E-state index in [0.717, 1.165) is 0 Å². The van der Waals surface area contributed by atoms with Gasteiger partial charge >= 0.3 is 0 Å². The Morgan fingerprint density at radius 2 is 1.82 bits per heavy atom. The summed E-state index contributed by atoms with van der Waals surface area (Å²) >= 11 is 5.90. The van der Waals surface area contributed by atoms with E-state index >= 15 is 0 Å².